The predicted octanol–water partition coefficient (Wildman–Crippen LogP) is 2.53. The van der Waals surface area contributed by atoms with Gasteiger partial charge in [-0.25, -0.2) is 4.98 Å². The molecule has 0 aromatic carbocycles. The second-order valence-electron chi connectivity index (χ2n) is 7.57. The zero-order valence-electron chi connectivity index (χ0n) is 16.1. The first-order valence-corrected chi connectivity index (χ1v) is 9.83. The number of nitrogens with zero attached hydrogens (tertiary/aromatic N) is 5. The Morgan fingerprint density at radius 2 is 2.03 bits per heavy atom. The number of hydrogen-bond acceptors (Lipinski definition) is 6. The van der Waals surface area contributed by atoms with Gasteiger partial charge < -0.3 is 15.6 Å². The van der Waals surface area contributed by atoms with Crippen LogP contribution in [0.15, 0.2) is 37.1 Å². The van der Waals surface area contributed by atoms with Crippen LogP contribution in [-0.4, -0.2) is 47.5 Å². The molecule has 0 bridgehead atoms. The first-order chi connectivity index (χ1) is 14.2. The van der Waals surface area contributed by atoms with Crippen LogP contribution < -0.4 is 10.6 Å². The van der Waals surface area contributed by atoms with Crippen molar-refractivity contribution in [2.24, 2.45) is 0 Å². The van der Waals surface area contributed by atoms with Crippen LogP contribution in [0.4, 0.5) is 5.95 Å². The Bertz CT molecular complexity index is 1170. The molecule has 5 rings (SSSR count). The van der Waals surface area contributed by atoms with Crippen molar-refractivity contribution < 1.29 is 4.79 Å². The van der Waals surface area contributed by atoms with Gasteiger partial charge in [0.25, 0.3) is 0 Å². The summed E-state index contributed by atoms with van der Waals surface area (Å²) in [6.45, 7) is 1.57. The maximum absolute atomic E-state index is 11.2. The summed E-state index contributed by atoms with van der Waals surface area (Å²) in [7, 11) is 0. The fourth-order valence-corrected chi connectivity index (χ4v) is 4.05. The van der Waals surface area contributed by atoms with E-state index in [4.69, 9.17) is 0 Å². The molecule has 0 saturated heterocycles. The fourth-order valence-electron chi connectivity index (χ4n) is 4.05. The van der Waals surface area contributed by atoms with Crippen molar-refractivity contribution in [1.82, 2.24) is 34.9 Å². The lowest BCUT2D eigenvalue weighted by molar-refractivity contribution is -0.119. The Labute approximate surface area is 167 Å². The summed E-state index contributed by atoms with van der Waals surface area (Å²) in [6, 6.07) is 4.56. The number of H-pyrrole nitrogens is 1. The van der Waals surface area contributed by atoms with Crippen LogP contribution in [0.2, 0.25) is 0 Å². The molecule has 3 N–H and O–H groups in total. The first kappa shape index (κ1) is 17.6. The van der Waals surface area contributed by atoms with Gasteiger partial charge in [0.15, 0.2) is 5.65 Å². The van der Waals surface area contributed by atoms with Gasteiger partial charge in [0, 0.05) is 54.1 Å². The number of carbonyl (C=O) groups excluding carboxylic acids is 1. The molecule has 0 unspecified atom stereocenters. The molecule has 0 aliphatic heterocycles. The lowest BCUT2D eigenvalue weighted by Crippen LogP contribution is -2.39. The smallest absolute Gasteiger partial charge is 0.224 e. The van der Waals surface area contributed by atoms with Crippen LogP contribution in [0.3, 0.4) is 0 Å². The van der Waals surface area contributed by atoms with E-state index in [0.29, 0.717) is 12.0 Å². The highest BCUT2D eigenvalue weighted by Crippen LogP contribution is 2.28. The van der Waals surface area contributed by atoms with Crippen molar-refractivity contribution in [3.05, 3.63) is 37.1 Å². The Morgan fingerprint density at radius 1 is 1.21 bits per heavy atom. The average molecular weight is 390 g/mol. The van der Waals surface area contributed by atoms with Crippen molar-refractivity contribution in [3.8, 4) is 11.1 Å². The van der Waals surface area contributed by atoms with E-state index in [1.54, 1.807) is 13.3 Å². The molecule has 0 radical (unpaired) electrons. The van der Waals surface area contributed by atoms with Crippen molar-refractivity contribution >= 4 is 28.5 Å². The average Bonchev–Trinajstić information content (AvgIpc) is 3.35. The van der Waals surface area contributed by atoms with E-state index in [1.165, 1.54) is 0 Å². The van der Waals surface area contributed by atoms with Crippen LogP contribution in [0.25, 0.3) is 27.8 Å². The fraction of sp³-hybridized carbons (Fsp3) is 0.350. The minimum atomic E-state index is 0.0428. The van der Waals surface area contributed by atoms with E-state index in [1.807, 2.05) is 35.1 Å². The second-order valence-corrected chi connectivity index (χ2v) is 7.57. The topological polar surface area (TPSA) is 113 Å². The summed E-state index contributed by atoms with van der Waals surface area (Å²) >= 11 is 0. The van der Waals surface area contributed by atoms with E-state index in [0.717, 1.165) is 53.5 Å². The molecule has 1 saturated carbocycles. The van der Waals surface area contributed by atoms with Crippen molar-refractivity contribution in [1.29, 1.82) is 0 Å². The highest BCUT2D eigenvalue weighted by molar-refractivity contribution is 5.93. The summed E-state index contributed by atoms with van der Waals surface area (Å²) in [5.41, 5.74) is 3.69. The van der Waals surface area contributed by atoms with E-state index in [-0.39, 0.29) is 11.9 Å². The van der Waals surface area contributed by atoms with Gasteiger partial charge in [-0.3, -0.25) is 9.20 Å². The third-order valence-electron chi connectivity index (χ3n) is 5.50. The zero-order chi connectivity index (χ0) is 19.8. The number of pyridine rings is 1. The van der Waals surface area contributed by atoms with Gasteiger partial charge in [0.2, 0.25) is 11.9 Å². The minimum Gasteiger partial charge on any atom is -0.354 e. The molecule has 1 fully saturated rings. The number of nitrogens with one attached hydrogen (secondary N) is 3. The normalized spacial score (nSPS) is 19.5. The number of carbonyl (C=O) groups is 1. The van der Waals surface area contributed by atoms with E-state index < -0.39 is 0 Å². The van der Waals surface area contributed by atoms with Crippen LogP contribution in [-0.2, 0) is 4.79 Å². The third-order valence-corrected chi connectivity index (χ3v) is 5.50. The summed E-state index contributed by atoms with van der Waals surface area (Å²) in [5, 5.41) is 15.4. The van der Waals surface area contributed by atoms with Crippen LogP contribution >= 0.6 is 0 Å². The number of aromatic amines is 1. The molecule has 9 heteroatoms. The number of hydrogen-bond donors (Lipinski definition) is 3. The number of anilines is 1. The standard InChI is InChI=1S/C20H22N8O/c1-12(29)24-14-3-5-15(6-4-14)25-20-22-9-17-16(8-21-19(17)26-20)13-2-7-18-27-23-11-28(18)10-13/h2,7-11,14-15H,3-6H2,1H3,(H,24,29)(H2,21,22,25,26)/t14-,15+. The molecule has 0 atom stereocenters. The van der Waals surface area contributed by atoms with Gasteiger partial charge in [-0.05, 0) is 37.8 Å². The molecular formula is C20H22N8O. The van der Waals surface area contributed by atoms with Gasteiger partial charge in [-0.15, -0.1) is 10.2 Å². The maximum atomic E-state index is 11.2. The number of aromatic nitrogens is 6. The molecule has 4 aromatic heterocycles. The third kappa shape index (κ3) is 3.51. The van der Waals surface area contributed by atoms with E-state index in [2.05, 4.69) is 35.8 Å². The summed E-state index contributed by atoms with van der Waals surface area (Å²) < 4.78 is 1.89. The molecule has 148 valence electrons. The molecule has 0 spiro atoms. The SMILES string of the molecule is CC(=O)N[C@H]1CC[C@@H](Nc2ncc3c(-c4ccc5nncn5c4)c[nH]c3n2)CC1. The maximum Gasteiger partial charge on any atom is 0.224 e. The van der Waals surface area contributed by atoms with Crippen LogP contribution in [0.1, 0.15) is 32.6 Å². The molecule has 1 amide bonds. The molecule has 9 nitrogen and oxygen atoms in total. The lowest BCUT2D eigenvalue weighted by Gasteiger charge is -2.29. The molecule has 29 heavy (non-hydrogen) atoms. The molecule has 4 aromatic rings. The van der Waals surface area contributed by atoms with Crippen LogP contribution in [0, 0.1) is 0 Å². The summed E-state index contributed by atoms with van der Waals surface area (Å²) in [5.74, 6) is 0.671. The summed E-state index contributed by atoms with van der Waals surface area (Å²) in [6.07, 6.45) is 11.4. The quantitative estimate of drug-likeness (QED) is 0.494. The number of amides is 1. The van der Waals surface area contributed by atoms with Gasteiger partial charge in [0.1, 0.15) is 12.0 Å². The van der Waals surface area contributed by atoms with Gasteiger partial charge in [0.05, 0.1) is 0 Å². The van der Waals surface area contributed by atoms with Gasteiger partial charge in [-0.2, -0.15) is 4.98 Å². The summed E-state index contributed by atoms with van der Waals surface area (Å²) in [4.78, 5) is 23.7. The Morgan fingerprint density at radius 3 is 2.86 bits per heavy atom. The van der Waals surface area contributed by atoms with E-state index >= 15 is 0 Å². The van der Waals surface area contributed by atoms with Crippen molar-refractivity contribution in [2.45, 2.75) is 44.7 Å². The first-order valence-electron chi connectivity index (χ1n) is 9.83. The minimum absolute atomic E-state index is 0.0428. The Kier molecular flexibility index (Phi) is 4.34. The highest BCUT2D eigenvalue weighted by Gasteiger charge is 2.22. The monoisotopic (exact) mass is 390 g/mol. The molecule has 4 heterocycles. The Balaban J connectivity index is 1.32. The zero-order valence-corrected chi connectivity index (χ0v) is 16.1. The van der Waals surface area contributed by atoms with Crippen LogP contribution in [0.5, 0.6) is 0 Å². The van der Waals surface area contributed by atoms with Gasteiger partial charge in [-0.1, -0.05) is 0 Å². The van der Waals surface area contributed by atoms with Crippen molar-refractivity contribution in [2.75, 3.05) is 5.32 Å². The number of rotatable bonds is 4. The van der Waals surface area contributed by atoms with Gasteiger partial charge >= 0.3 is 0 Å². The molecule has 1 aliphatic carbocycles. The highest BCUT2D eigenvalue weighted by atomic mass is 16.1. The van der Waals surface area contributed by atoms with E-state index in [9.17, 15) is 4.79 Å². The molecular weight excluding hydrogens is 368 g/mol. The van der Waals surface area contributed by atoms with Crippen molar-refractivity contribution in [3.63, 3.8) is 0 Å². The number of fused-ring (bicyclic) bond motifs is 2. The largest absolute Gasteiger partial charge is 0.354 e. The Hall–Kier alpha value is -3.49. The molecule has 1 aliphatic rings. The predicted molar refractivity (Wildman–Crippen MR) is 109 cm³/mol. The lowest BCUT2D eigenvalue weighted by atomic mass is 9.91. The second kappa shape index (κ2) is 7.16.